The highest BCUT2D eigenvalue weighted by molar-refractivity contribution is 7.92. The van der Waals surface area contributed by atoms with Crippen LogP contribution in [0.2, 0.25) is 0 Å². The highest BCUT2D eigenvalue weighted by atomic mass is 32.2. The summed E-state index contributed by atoms with van der Waals surface area (Å²) in [5.74, 6) is 1.71. The van der Waals surface area contributed by atoms with E-state index in [1.54, 1.807) is 18.3 Å². The van der Waals surface area contributed by atoms with Crippen LogP contribution in [0.25, 0.3) is 0 Å². The summed E-state index contributed by atoms with van der Waals surface area (Å²) in [6.07, 6.45) is 6.38. The van der Waals surface area contributed by atoms with Crippen LogP contribution in [0.4, 0.5) is 11.5 Å². The molecular formula is C19H25N3O4S. The summed E-state index contributed by atoms with van der Waals surface area (Å²) in [4.78, 5) is 6.78. The van der Waals surface area contributed by atoms with E-state index in [9.17, 15) is 8.42 Å². The van der Waals surface area contributed by atoms with E-state index >= 15 is 0 Å². The van der Waals surface area contributed by atoms with Crippen LogP contribution in [0.3, 0.4) is 0 Å². The maximum Gasteiger partial charge on any atom is 0.262 e. The Hall–Kier alpha value is -2.48. The average Bonchev–Trinajstić information content (AvgIpc) is 2.97. The molecule has 0 amide bonds. The molecule has 0 atom stereocenters. The number of hydrogen-bond donors (Lipinski definition) is 1. The summed E-state index contributed by atoms with van der Waals surface area (Å²) < 4.78 is 38.2. The second-order valence-corrected chi connectivity index (χ2v) is 8.11. The highest BCUT2D eigenvalue weighted by Gasteiger charge is 2.18. The molecule has 1 fully saturated rings. The van der Waals surface area contributed by atoms with Gasteiger partial charge in [0.1, 0.15) is 5.82 Å². The lowest BCUT2D eigenvalue weighted by Gasteiger charge is -2.21. The third-order valence-corrected chi connectivity index (χ3v) is 5.97. The standard InChI is InChI=1S/C19H25N3O4S/c1-25-17-9-8-16(13-18(17)26-2)27(23,24)21-15-7-10-19(20-14-15)22-11-5-3-4-6-12-22/h7-10,13-14,21H,3-6,11-12H2,1-2H3. The van der Waals surface area contributed by atoms with Crippen LogP contribution in [0.1, 0.15) is 25.7 Å². The van der Waals surface area contributed by atoms with Crippen molar-refractivity contribution >= 4 is 21.5 Å². The third kappa shape index (κ3) is 4.63. The van der Waals surface area contributed by atoms with Gasteiger partial charge < -0.3 is 14.4 Å². The minimum atomic E-state index is -3.75. The first-order valence-electron chi connectivity index (χ1n) is 8.99. The first-order valence-corrected chi connectivity index (χ1v) is 10.5. The van der Waals surface area contributed by atoms with Crippen LogP contribution < -0.4 is 19.1 Å². The molecule has 0 radical (unpaired) electrons. The molecule has 3 rings (SSSR count). The number of sulfonamides is 1. The minimum Gasteiger partial charge on any atom is -0.493 e. The Morgan fingerprint density at radius 2 is 1.67 bits per heavy atom. The van der Waals surface area contributed by atoms with Crippen molar-refractivity contribution in [3.05, 3.63) is 36.5 Å². The number of nitrogens with zero attached hydrogens (tertiary/aromatic N) is 2. The van der Waals surface area contributed by atoms with Crippen molar-refractivity contribution in [2.75, 3.05) is 36.9 Å². The molecule has 2 heterocycles. The molecule has 0 bridgehead atoms. The van der Waals surface area contributed by atoms with Gasteiger partial charge in [-0.15, -0.1) is 0 Å². The molecule has 1 aromatic heterocycles. The zero-order chi connectivity index (χ0) is 19.3. The van der Waals surface area contributed by atoms with E-state index in [0.29, 0.717) is 17.2 Å². The monoisotopic (exact) mass is 391 g/mol. The molecule has 0 aliphatic carbocycles. The third-order valence-electron chi connectivity index (χ3n) is 4.60. The number of pyridine rings is 1. The first-order chi connectivity index (χ1) is 13.0. The summed E-state index contributed by atoms with van der Waals surface area (Å²) >= 11 is 0. The van der Waals surface area contributed by atoms with E-state index in [1.807, 2.05) is 6.07 Å². The van der Waals surface area contributed by atoms with E-state index < -0.39 is 10.0 Å². The fourth-order valence-electron chi connectivity index (χ4n) is 3.13. The second kappa shape index (κ2) is 8.47. The van der Waals surface area contributed by atoms with Crippen LogP contribution in [-0.2, 0) is 10.0 Å². The first kappa shape index (κ1) is 19.3. The van der Waals surface area contributed by atoms with Gasteiger partial charge in [-0.05, 0) is 37.1 Å². The Labute approximate surface area is 160 Å². The largest absolute Gasteiger partial charge is 0.493 e. The molecule has 0 unspecified atom stereocenters. The van der Waals surface area contributed by atoms with Crippen molar-refractivity contribution < 1.29 is 17.9 Å². The molecule has 1 saturated heterocycles. The molecule has 0 spiro atoms. The summed E-state index contributed by atoms with van der Waals surface area (Å²) in [6, 6.07) is 8.07. The van der Waals surface area contributed by atoms with E-state index in [-0.39, 0.29) is 4.90 Å². The summed E-state index contributed by atoms with van der Waals surface area (Å²) in [6.45, 7) is 1.98. The SMILES string of the molecule is COc1ccc(S(=O)(=O)Nc2ccc(N3CCCCCC3)nc2)cc1OC. The Balaban J connectivity index is 1.75. The zero-order valence-corrected chi connectivity index (χ0v) is 16.5. The Bertz CT molecular complexity index is 861. The lowest BCUT2D eigenvalue weighted by molar-refractivity contribution is 0.354. The number of rotatable bonds is 6. The van der Waals surface area contributed by atoms with Crippen LogP contribution >= 0.6 is 0 Å². The molecule has 27 heavy (non-hydrogen) atoms. The van der Waals surface area contributed by atoms with Gasteiger partial charge in [-0.1, -0.05) is 12.8 Å². The van der Waals surface area contributed by atoms with Gasteiger partial charge in [0.05, 0.1) is 31.0 Å². The summed E-state index contributed by atoms with van der Waals surface area (Å²) in [7, 11) is -0.786. The normalized spacial score (nSPS) is 15.1. The number of benzene rings is 1. The van der Waals surface area contributed by atoms with Crippen molar-refractivity contribution in [3.8, 4) is 11.5 Å². The zero-order valence-electron chi connectivity index (χ0n) is 15.6. The number of hydrogen-bond acceptors (Lipinski definition) is 6. The summed E-state index contributed by atoms with van der Waals surface area (Å²) in [5.41, 5.74) is 0.420. The van der Waals surface area contributed by atoms with Crippen LogP contribution in [0.15, 0.2) is 41.4 Å². The number of methoxy groups -OCH3 is 2. The number of ether oxygens (including phenoxy) is 2. The van der Waals surface area contributed by atoms with E-state index in [4.69, 9.17) is 9.47 Å². The van der Waals surface area contributed by atoms with Crippen LogP contribution in [0, 0.1) is 0 Å². The molecule has 146 valence electrons. The smallest absolute Gasteiger partial charge is 0.262 e. The molecule has 0 saturated carbocycles. The average molecular weight is 391 g/mol. The van der Waals surface area contributed by atoms with Gasteiger partial charge in [-0.2, -0.15) is 0 Å². The fourth-order valence-corrected chi connectivity index (χ4v) is 4.19. The Kier molecular flexibility index (Phi) is 6.05. The predicted octanol–water partition coefficient (Wildman–Crippen LogP) is 3.28. The van der Waals surface area contributed by atoms with Crippen molar-refractivity contribution in [1.29, 1.82) is 0 Å². The predicted molar refractivity (Wildman–Crippen MR) is 105 cm³/mol. The molecular weight excluding hydrogens is 366 g/mol. The van der Waals surface area contributed by atoms with Gasteiger partial charge in [-0.3, -0.25) is 4.72 Å². The number of aromatic nitrogens is 1. The Morgan fingerprint density at radius 3 is 2.26 bits per heavy atom. The lowest BCUT2D eigenvalue weighted by atomic mass is 10.2. The van der Waals surface area contributed by atoms with E-state index in [0.717, 1.165) is 31.7 Å². The quantitative estimate of drug-likeness (QED) is 0.814. The molecule has 1 aromatic carbocycles. The van der Waals surface area contributed by atoms with Gasteiger partial charge in [0.2, 0.25) is 0 Å². The molecule has 1 aliphatic rings. The summed E-state index contributed by atoms with van der Waals surface area (Å²) in [5, 5.41) is 0. The topological polar surface area (TPSA) is 80.8 Å². The van der Waals surface area contributed by atoms with Crippen molar-refractivity contribution in [1.82, 2.24) is 4.98 Å². The number of anilines is 2. The van der Waals surface area contributed by atoms with Gasteiger partial charge in [0.15, 0.2) is 11.5 Å². The maximum atomic E-state index is 12.7. The molecule has 8 heteroatoms. The van der Waals surface area contributed by atoms with Gasteiger partial charge in [0.25, 0.3) is 10.0 Å². The Morgan fingerprint density at radius 1 is 0.963 bits per heavy atom. The van der Waals surface area contributed by atoms with Crippen molar-refractivity contribution in [2.24, 2.45) is 0 Å². The van der Waals surface area contributed by atoms with Gasteiger partial charge in [-0.25, -0.2) is 13.4 Å². The van der Waals surface area contributed by atoms with Crippen molar-refractivity contribution in [2.45, 2.75) is 30.6 Å². The van der Waals surface area contributed by atoms with Gasteiger partial charge in [0, 0.05) is 19.2 Å². The molecule has 2 aromatic rings. The maximum absolute atomic E-state index is 12.7. The molecule has 7 nitrogen and oxygen atoms in total. The molecule has 1 N–H and O–H groups in total. The minimum absolute atomic E-state index is 0.0942. The van der Waals surface area contributed by atoms with Crippen LogP contribution in [-0.4, -0.2) is 40.7 Å². The van der Waals surface area contributed by atoms with E-state index in [1.165, 1.54) is 39.2 Å². The van der Waals surface area contributed by atoms with Crippen molar-refractivity contribution in [3.63, 3.8) is 0 Å². The van der Waals surface area contributed by atoms with Gasteiger partial charge >= 0.3 is 0 Å². The molecule has 1 aliphatic heterocycles. The number of nitrogens with one attached hydrogen (secondary N) is 1. The van der Waals surface area contributed by atoms with Crippen LogP contribution in [0.5, 0.6) is 11.5 Å². The lowest BCUT2D eigenvalue weighted by Crippen LogP contribution is -2.24. The highest BCUT2D eigenvalue weighted by Crippen LogP contribution is 2.30. The fraction of sp³-hybridized carbons (Fsp3) is 0.421. The second-order valence-electron chi connectivity index (χ2n) is 6.43. The van der Waals surface area contributed by atoms with E-state index in [2.05, 4.69) is 14.6 Å².